The molecule has 0 amide bonds. The maximum absolute atomic E-state index is 5.05. The number of allylic oxidation sites excluding steroid dienone is 10. The predicted octanol–water partition coefficient (Wildman–Crippen LogP) is 8.14. The summed E-state index contributed by atoms with van der Waals surface area (Å²) in [5.41, 5.74) is 10.9. The molecular formula is C42H40N2. The monoisotopic (exact) mass is 572 g/mol. The first-order valence-corrected chi connectivity index (χ1v) is 16.9. The normalized spacial score (nSPS) is 31.0. The van der Waals surface area contributed by atoms with Crippen LogP contribution in [0.4, 0.5) is 0 Å². The minimum Gasteiger partial charge on any atom is -0.310 e. The molecule has 2 aromatic carbocycles. The lowest BCUT2D eigenvalue weighted by Crippen LogP contribution is -2.50. The van der Waals surface area contributed by atoms with Gasteiger partial charge >= 0.3 is 0 Å². The Morgan fingerprint density at radius 3 is 2.61 bits per heavy atom. The minimum absolute atomic E-state index is 0.189. The summed E-state index contributed by atoms with van der Waals surface area (Å²) in [5, 5.41) is 2.97. The Labute approximate surface area is 261 Å². The van der Waals surface area contributed by atoms with Crippen LogP contribution in [0.25, 0.3) is 17.2 Å². The fraction of sp³-hybridized carbons (Fsp3) is 0.310. The Morgan fingerprint density at radius 2 is 1.70 bits per heavy atom. The van der Waals surface area contributed by atoms with Crippen molar-refractivity contribution in [1.29, 1.82) is 0 Å². The molecule has 5 aliphatic carbocycles. The van der Waals surface area contributed by atoms with Crippen LogP contribution in [0.5, 0.6) is 0 Å². The zero-order chi connectivity index (χ0) is 29.2. The lowest BCUT2D eigenvalue weighted by Gasteiger charge is -2.46. The highest BCUT2D eigenvalue weighted by atomic mass is 15.4. The first kappa shape index (κ1) is 26.3. The van der Waals surface area contributed by atoms with Crippen LogP contribution in [0, 0.1) is 23.7 Å². The molecule has 6 unspecified atom stereocenters. The van der Waals surface area contributed by atoms with Crippen molar-refractivity contribution in [2.75, 3.05) is 0 Å². The predicted molar refractivity (Wildman–Crippen MR) is 183 cm³/mol. The van der Waals surface area contributed by atoms with Crippen LogP contribution in [0.3, 0.4) is 0 Å². The number of amidine groups is 1. The van der Waals surface area contributed by atoms with Crippen LogP contribution < -0.4 is 10.4 Å². The Morgan fingerprint density at radius 1 is 0.864 bits per heavy atom. The van der Waals surface area contributed by atoms with E-state index in [-0.39, 0.29) is 6.17 Å². The van der Waals surface area contributed by atoms with Gasteiger partial charge in [0.25, 0.3) is 0 Å². The van der Waals surface area contributed by atoms with Crippen molar-refractivity contribution in [2.45, 2.75) is 57.5 Å². The lowest BCUT2D eigenvalue weighted by atomic mass is 9.64. The highest BCUT2D eigenvalue weighted by Crippen LogP contribution is 2.51. The van der Waals surface area contributed by atoms with E-state index in [9.17, 15) is 0 Å². The van der Waals surface area contributed by atoms with E-state index in [0.29, 0.717) is 29.6 Å². The van der Waals surface area contributed by atoms with Gasteiger partial charge in [-0.15, -0.1) is 0 Å². The van der Waals surface area contributed by atoms with E-state index in [1.165, 1.54) is 34.4 Å². The zero-order valence-corrected chi connectivity index (χ0v) is 25.6. The van der Waals surface area contributed by atoms with Crippen LogP contribution >= 0.6 is 0 Å². The van der Waals surface area contributed by atoms with Crippen molar-refractivity contribution in [3.63, 3.8) is 0 Å². The van der Waals surface area contributed by atoms with E-state index in [1.54, 1.807) is 27.9 Å². The van der Waals surface area contributed by atoms with Crippen molar-refractivity contribution in [3.8, 4) is 0 Å². The molecule has 0 N–H and O–H groups in total. The molecule has 2 nitrogen and oxygen atoms in total. The van der Waals surface area contributed by atoms with Crippen LogP contribution in [-0.4, -0.2) is 16.9 Å². The Kier molecular flexibility index (Phi) is 6.25. The number of aliphatic imine (C=N–C) groups is 1. The number of nitrogens with zero attached hydrogens (tertiary/aromatic N) is 2. The van der Waals surface area contributed by atoms with Gasteiger partial charge in [0, 0.05) is 29.9 Å². The maximum Gasteiger partial charge on any atom is 0.135 e. The second-order valence-corrected chi connectivity index (χ2v) is 13.4. The van der Waals surface area contributed by atoms with Crippen LogP contribution in [0.15, 0.2) is 131 Å². The Balaban J connectivity index is 1.17. The van der Waals surface area contributed by atoms with E-state index in [4.69, 9.17) is 4.99 Å². The number of rotatable bonds is 4. The molecule has 218 valence electrons. The second kappa shape index (κ2) is 10.5. The SMILES string of the molecule is CCC1=c2ccccc2=C(C2=Cc3ccccc3C(C3=C4CCC=CC4C(C4N=C5C=CC=CN54)C=C3)C2)C2C=CCCC12. The number of hydrogen-bond donors (Lipinski definition) is 0. The molecule has 6 atom stereocenters. The first-order valence-electron chi connectivity index (χ1n) is 16.9. The van der Waals surface area contributed by atoms with Gasteiger partial charge in [-0.2, -0.15) is 0 Å². The summed E-state index contributed by atoms with van der Waals surface area (Å²) < 4.78 is 0. The highest BCUT2D eigenvalue weighted by molar-refractivity contribution is 5.98. The maximum atomic E-state index is 5.05. The Hall–Kier alpha value is -4.17. The van der Waals surface area contributed by atoms with Crippen molar-refractivity contribution < 1.29 is 0 Å². The molecule has 9 rings (SSSR count). The van der Waals surface area contributed by atoms with Gasteiger partial charge in [-0.1, -0.05) is 115 Å². The summed E-state index contributed by atoms with van der Waals surface area (Å²) in [5.74, 6) is 3.33. The number of hydrogen-bond acceptors (Lipinski definition) is 2. The molecule has 2 aromatic rings. The standard InChI is InChI=1S/C42H40N2/c1-2-29-31-15-7-9-19-36(31)41(37-20-10-8-16-32(29)37)28-25-27-13-3-4-14-30(27)39(26-28)35-22-23-38(34-18-6-5-17-33(34)35)42-43-40-21-11-12-24-44(40)42/h3-4,6-7,9-15,18-25,32,34,37-39,42H,2,5,8,16-17,26H2,1H3. The minimum atomic E-state index is 0.189. The number of fused-ring (bicyclic) bond motifs is 5. The fourth-order valence-electron chi connectivity index (χ4n) is 9.46. The zero-order valence-electron chi connectivity index (χ0n) is 25.6. The summed E-state index contributed by atoms with van der Waals surface area (Å²) >= 11 is 0. The molecule has 0 saturated heterocycles. The highest BCUT2D eigenvalue weighted by Gasteiger charge is 2.42. The molecule has 44 heavy (non-hydrogen) atoms. The summed E-state index contributed by atoms with van der Waals surface area (Å²) in [6.45, 7) is 2.36. The largest absolute Gasteiger partial charge is 0.310 e. The van der Waals surface area contributed by atoms with Crippen molar-refractivity contribution in [3.05, 3.63) is 148 Å². The lowest BCUT2D eigenvalue weighted by molar-refractivity contribution is 0.250. The molecule has 2 aliphatic heterocycles. The fourth-order valence-corrected chi connectivity index (χ4v) is 9.46. The van der Waals surface area contributed by atoms with Crippen molar-refractivity contribution in [1.82, 2.24) is 4.90 Å². The van der Waals surface area contributed by atoms with Gasteiger partial charge in [-0.25, -0.2) is 4.99 Å². The average Bonchev–Trinajstić information content (AvgIpc) is 3.07. The van der Waals surface area contributed by atoms with E-state index in [2.05, 4.69) is 127 Å². The molecular weight excluding hydrogens is 532 g/mol. The summed E-state index contributed by atoms with van der Waals surface area (Å²) in [7, 11) is 0. The van der Waals surface area contributed by atoms with Gasteiger partial charge in [0.05, 0.1) is 0 Å². The molecule has 0 aromatic heterocycles. The smallest absolute Gasteiger partial charge is 0.135 e. The van der Waals surface area contributed by atoms with E-state index >= 15 is 0 Å². The molecule has 2 heteroatoms. The van der Waals surface area contributed by atoms with E-state index in [1.807, 2.05) is 0 Å². The van der Waals surface area contributed by atoms with Gasteiger partial charge in [-0.3, -0.25) is 0 Å². The topological polar surface area (TPSA) is 15.6 Å². The van der Waals surface area contributed by atoms with Crippen molar-refractivity contribution >= 4 is 23.1 Å². The van der Waals surface area contributed by atoms with Gasteiger partial charge in [0.1, 0.15) is 12.0 Å². The molecule has 7 aliphatic rings. The van der Waals surface area contributed by atoms with Gasteiger partial charge < -0.3 is 4.90 Å². The molecule has 2 heterocycles. The van der Waals surface area contributed by atoms with Gasteiger partial charge in [0.2, 0.25) is 0 Å². The average molecular weight is 573 g/mol. The Bertz CT molecular complexity index is 1920. The quantitative estimate of drug-likeness (QED) is 0.338. The summed E-state index contributed by atoms with van der Waals surface area (Å²) in [6.07, 6.45) is 33.2. The van der Waals surface area contributed by atoms with Crippen molar-refractivity contribution in [2.24, 2.45) is 28.7 Å². The molecule has 0 radical (unpaired) electrons. The van der Waals surface area contributed by atoms with Gasteiger partial charge in [0.15, 0.2) is 0 Å². The second-order valence-electron chi connectivity index (χ2n) is 13.4. The molecule has 0 saturated carbocycles. The van der Waals surface area contributed by atoms with Gasteiger partial charge in [-0.05, 0) is 94.9 Å². The molecule has 0 bridgehead atoms. The van der Waals surface area contributed by atoms with E-state index < -0.39 is 0 Å². The molecule has 0 fully saturated rings. The third-order valence-electron chi connectivity index (χ3n) is 11.4. The third kappa shape index (κ3) is 3.96. The van der Waals surface area contributed by atoms with Crippen LogP contribution in [0.1, 0.15) is 62.5 Å². The third-order valence-corrected chi connectivity index (χ3v) is 11.4. The summed E-state index contributed by atoms with van der Waals surface area (Å²) in [4.78, 5) is 7.42. The van der Waals surface area contributed by atoms with E-state index in [0.717, 1.165) is 31.5 Å². The number of benzene rings is 2. The summed E-state index contributed by atoms with van der Waals surface area (Å²) in [6, 6.07) is 18.5. The molecule has 0 spiro atoms. The first-order chi connectivity index (χ1) is 21.8. The van der Waals surface area contributed by atoms with Crippen LogP contribution in [0.2, 0.25) is 0 Å². The van der Waals surface area contributed by atoms with Crippen LogP contribution in [-0.2, 0) is 0 Å².